The van der Waals surface area contributed by atoms with Crippen molar-refractivity contribution in [2.24, 2.45) is 0 Å². The van der Waals surface area contributed by atoms with Crippen molar-refractivity contribution >= 4 is 17.8 Å². The predicted molar refractivity (Wildman–Crippen MR) is 156 cm³/mol. The van der Waals surface area contributed by atoms with Gasteiger partial charge in [0, 0.05) is 31.7 Å². The SMILES string of the molecule is C[N+]1(C)CCN(Cc2cccc(-c3cccc(CNC(=O)c4cccc(C#N)c4)c3)c2)CC1.O=C(O)C(F)(F)F.O=C([O-])C(F)(F)F. The van der Waals surface area contributed by atoms with Gasteiger partial charge >= 0.3 is 18.3 Å². The number of alkyl halides is 6. The maximum atomic E-state index is 12.5. The lowest BCUT2D eigenvalue weighted by Crippen LogP contribution is -2.54. The summed E-state index contributed by atoms with van der Waals surface area (Å²) in [6.45, 7) is 6.05. The van der Waals surface area contributed by atoms with Gasteiger partial charge in [0.25, 0.3) is 5.91 Å². The fourth-order valence-electron chi connectivity index (χ4n) is 4.19. The van der Waals surface area contributed by atoms with E-state index in [0.717, 1.165) is 35.2 Å². The Morgan fingerprint density at radius 1 is 0.872 bits per heavy atom. The highest BCUT2D eigenvalue weighted by atomic mass is 19.4. The molecule has 0 radical (unpaired) electrons. The molecule has 0 atom stereocenters. The molecule has 1 amide bonds. The summed E-state index contributed by atoms with van der Waals surface area (Å²) in [5.41, 5.74) is 5.69. The van der Waals surface area contributed by atoms with Crippen LogP contribution < -0.4 is 10.4 Å². The number of carboxylic acid groups (broad SMARTS) is 2. The third-order valence-electron chi connectivity index (χ3n) is 6.82. The third kappa shape index (κ3) is 13.5. The number of nitriles is 1. The van der Waals surface area contributed by atoms with Gasteiger partial charge in [-0.05, 0) is 52.6 Å². The first kappa shape index (κ1) is 38.2. The smallest absolute Gasteiger partial charge is 0.490 e. The van der Waals surface area contributed by atoms with Crippen molar-refractivity contribution in [3.63, 3.8) is 0 Å². The predicted octanol–water partition coefficient (Wildman–Crippen LogP) is 3.98. The van der Waals surface area contributed by atoms with Crippen LogP contribution in [-0.2, 0) is 22.7 Å². The van der Waals surface area contributed by atoms with Gasteiger partial charge in [0.15, 0.2) is 0 Å². The van der Waals surface area contributed by atoms with Crippen LogP contribution in [0.5, 0.6) is 0 Å². The molecule has 15 heteroatoms. The molecular weight excluding hydrogens is 634 g/mol. The zero-order valence-electron chi connectivity index (χ0n) is 25.4. The van der Waals surface area contributed by atoms with E-state index < -0.39 is 24.3 Å². The maximum absolute atomic E-state index is 12.5. The number of halogens is 6. The number of likely N-dealkylation sites (N-methyl/N-ethyl adjacent to an activating group) is 1. The molecule has 1 fully saturated rings. The van der Waals surface area contributed by atoms with Crippen molar-refractivity contribution in [2.45, 2.75) is 25.4 Å². The number of carboxylic acids is 2. The monoisotopic (exact) mass is 666 g/mol. The quantitative estimate of drug-likeness (QED) is 0.301. The van der Waals surface area contributed by atoms with Crippen LogP contribution in [0.1, 0.15) is 27.0 Å². The first-order valence-corrected chi connectivity index (χ1v) is 13.9. The standard InChI is InChI=1S/C28H30N4O.2C2HF3O2/c1-32(2)14-12-31(13-15-32)21-24-8-5-10-26(18-24)25-9-4-7-23(17-25)20-30-28(33)27-11-3-6-22(16-27)19-29;2*3-2(4,5)1(6)7/h3-11,16-18H,12-15,20-21H2,1-2H3;2*(H,6,7). The van der Waals surface area contributed by atoms with E-state index in [4.69, 9.17) is 25.1 Å². The average molecular weight is 667 g/mol. The van der Waals surface area contributed by atoms with E-state index >= 15 is 0 Å². The Kier molecular flexibility index (Phi) is 13.5. The summed E-state index contributed by atoms with van der Waals surface area (Å²) in [7, 11) is 4.60. The number of carbonyl (C=O) groups excluding carboxylic acids is 2. The summed E-state index contributed by atoms with van der Waals surface area (Å²) < 4.78 is 64.4. The van der Waals surface area contributed by atoms with Crippen LogP contribution in [-0.4, -0.2) is 85.0 Å². The number of amides is 1. The molecule has 0 aliphatic carbocycles. The molecule has 0 spiro atoms. The molecule has 2 N–H and O–H groups in total. The molecule has 3 aromatic carbocycles. The number of benzene rings is 3. The fourth-order valence-corrected chi connectivity index (χ4v) is 4.19. The second-order valence-electron chi connectivity index (χ2n) is 11.0. The van der Waals surface area contributed by atoms with Crippen LogP contribution in [0.15, 0.2) is 72.8 Å². The normalized spacial score (nSPS) is 14.3. The number of nitrogens with zero attached hydrogens (tertiary/aromatic N) is 3. The van der Waals surface area contributed by atoms with Gasteiger partial charge in [-0.3, -0.25) is 9.69 Å². The molecule has 4 rings (SSSR count). The largest absolute Gasteiger partial charge is 0.542 e. The summed E-state index contributed by atoms with van der Waals surface area (Å²) in [5.74, 6) is -5.94. The third-order valence-corrected chi connectivity index (χ3v) is 6.82. The summed E-state index contributed by atoms with van der Waals surface area (Å²) in [6, 6.07) is 25.9. The molecule has 1 saturated heterocycles. The Morgan fingerprint density at radius 3 is 1.85 bits per heavy atom. The van der Waals surface area contributed by atoms with E-state index in [1.165, 1.54) is 24.2 Å². The van der Waals surface area contributed by atoms with Crippen molar-refractivity contribution in [3.8, 4) is 17.2 Å². The highest BCUT2D eigenvalue weighted by molar-refractivity contribution is 5.94. The molecule has 0 unspecified atom stereocenters. The highest BCUT2D eigenvalue weighted by Crippen LogP contribution is 2.23. The summed E-state index contributed by atoms with van der Waals surface area (Å²) in [4.78, 5) is 32.7. The van der Waals surface area contributed by atoms with Gasteiger partial charge in [-0.15, -0.1) is 0 Å². The van der Waals surface area contributed by atoms with Gasteiger partial charge in [0.2, 0.25) is 0 Å². The van der Waals surface area contributed by atoms with E-state index in [1.54, 1.807) is 24.3 Å². The molecule has 1 aliphatic rings. The summed E-state index contributed by atoms with van der Waals surface area (Å²) in [5, 5.41) is 27.9. The first-order valence-electron chi connectivity index (χ1n) is 13.9. The zero-order valence-corrected chi connectivity index (χ0v) is 25.4. The Morgan fingerprint density at radius 2 is 1.36 bits per heavy atom. The molecular formula is C32H32F6N4O5. The van der Waals surface area contributed by atoms with Gasteiger partial charge < -0.3 is 24.8 Å². The topological polar surface area (TPSA) is 134 Å². The maximum Gasteiger partial charge on any atom is 0.490 e. The number of piperazine rings is 1. The van der Waals surface area contributed by atoms with Crippen LogP contribution in [0.25, 0.3) is 11.1 Å². The van der Waals surface area contributed by atoms with Gasteiger partial charge in [-0.1, -0.05) is 42.5 Å². The van der Waals surface area contributed by atoms with Gasteiger partial charge in [0.1, 0.15) is 5.97 Å². The van der Waals surface area contributed by atoms with Gasteiger partial charge in [-0.2, -0.15) is 31.6 Å². The van der Waals surface area contributed by atoms with E-state index in [-0.39, 0.29) is 5.91 Å². The number of carbonyl (C=O) groups is 3. The second-order valence-corrected chi connectivity index (χ2v) is 11.0. The van der Waals surface area contributed by atoms with E-state index in [2.05, 4.69) is 66.8 Å². The van der Waals surface area contributed by atoms with Crippen molar-refractivity contribution in [1.82, 2.24) is 10.2 Å². The Labute approximate surface area is 266 Å². The lowest BCUT2D eigenvalue weighted by atomic mass is 10.0. The zero-order chi connectivity index (χ0) is 35.4. The van der Waals surface area contributed by atoms with Crippen molar-refractivity contribution < 1.29 is 55.4 Å². The Hall–Kier alpha value is -4.94. The van der Waals surface area contributed by atoms with Crippen molar-refractivity contribution in [2.75, 3.05) is 40.3 Å². The number of quaternary nitrogens is 1. The number of aliphatic carboxylic acids is 2. The van der Waals surface area contributed by atoms with Crippen LogP contribution in [0.4, 0.5) is 26.3 Å². The minimum atomic E-state index is -5.19. The molecule has 0 saturated carbocycles. The molecule has 9 nitrogen and oxygen atoms in total. The lowest BCUT2D eigenvalue weighted by molar-refractivity contribution is -0.894. The molecule has 47 heavy (non-hydrogen) atoms. The summed E-state index contributed by atoms with van der Waals surface area (Å²) in [6.07, 6.45) is -10.3. The Bertz CT molecular complexity index is 1550. The minimum absolute atomic E-state index is 0.178. The van der Waals surface area contributed by atoms with Gasteiger partial charge in [0.05, 0.1) is 38.8 Å². The van der Waals surface area contributed by atoms with E-state index in [9.17, 15) is 31.1 Å². The number of hydrogen-bond acceptors (Lipinski definition) is 6. The lowest BCUT2D eigenvalue weighted by Gasteiger charge is -2.39. The van der Waals surface area contributed by atoms with E-state index in [0.29, 0.717) is 17.7 Å². The van der Waals surface area contributed by atoms with E-state index in [1.807, 2.05) is 12.1 Å². The minimum Gasteiger partial charge on any atom is -0.542 e. The number of hydrogen-bond donors (Lipinski definition) is 2. The summed E-state index contributed by atoms with van der Waals surface area (Å²) >= 11 is 0. The molecule has 1 aliphatic heterocycles. The van der Waals surface area contributed by atoms with Crippen LogP contribution >= 0.6 is 0 Å². The number of rotatable bonds is 6. The second kappa shape index (κ2) is 16.6. The molecule has 252 valence electrons. The molecule has 0 bridgehead atoms. The molecule has 1 heterocycles. The molecule has 3 aromatic rings. The highest BCUT2D eigenvalue weighted by Gasteiger charge is 2.38. The fraction of sp³-hybridized carbons (Fsp3) is 0.312. The Balaban J connectivity index is 0.000000459. The van der Waals surface area contributed by atoms with Crippen molar-refractivity contribution in [1.29, 1.82) is 5.26 Å². The molecule has 0 aromatic heterocycles. The van der Waals surface area contributed by atoms with Gasteiger partial charge in [-0.25, -0.2) is 4.79 Å². The first-order chi connectivity index (χ1) is 21.8. The van der Waals surface area contributed by atoms with Crippen LogP contribution in [0.3, 0.4) is 0 Å². The van der Waals surface area contributed by atoms with Crippen LogP contribution in [0, 0.1) is 11.3 Å². The number of nitrogens with one attached hydrogen (secondary N) is 1. The van der Waals surface area contributed by atoms with Crippen molar-refractivity contribution in [3.05, 3.63) is 95.1 Å². The average Bonchev–Trinajstić information content (AvgIpc) is 3.01. The van der Waals surface area contributed by atoms with Crippen LogP contribution in [0.2, 0.25) is 0 Å².